The van der Waals surface area contributed by atoms with Crippen molar-refractivity contribution in [2.75, 3.05) is 27.1 Å². The monoisotopic (exact) mass is 395 g/mol. The summed E-state index contributed by atoms with van der Waals surface area (Å²) in [4.78, 5) is 0. The Kier molecular flexibility index (Phi) is 5.69. The van der Waals surface area contributed by atoms with Gasteiger partial charge in [0.05, 0.1) is 5.52 Å². The van der Waals surface area contributed by atoms with Crippen LogP contribution in [0.2, 0.25) is 0 Å². The highest BCUT2D eigenvalue weighted by atomic mass is 19.1. The Morgan fingerprint density at radius 1 is 1.21 bits per heavy atom. The van der Waals surface area contributed by atoms with Crippen molar-refractivity contribution in [2.45, 2.75) is 25.7 Å². The number of hydrogen-bond acceptors (Lipinski definition) is 3. The standard InChI is InChI=1S/C24H26FNO3/c1-4-20-21-14-19(29-15-27-3)6-8-23(21)26(18-5-7-22(25)16(2)13-18)24(20)17-9-11-28-12-10-17/h4-8,13-14,17H,1,9-12,15H2,2-3H3. The maximum absolute atomic E-state index is 14.0. The molecule has 0 spiro atoms. The van der Waals surface area contributed by atoms with Crippen molar-refractivity contribution in [3.05, 3.63) is 65.6 Å². The average Bonchev–Trinajstić information content (AvgIpc) is 3.08. The summed E-state index contributed by atoms with van der Waals surface area (Å²) in [5, 5.41) is 1.07. The SMILES string of the molecule is C=Cc1c(C2CCOCC2)n(-c2ccc(F)c(C)c2)c2ccc(OCOC)cc12. The zero-order valence-corrected chi connectivity index (χ0v) is 16.9. The van der Waals surface area contributed by atoms with Crippen LogP contribution in [0.3, 0.4) is 0 Å². The van der Waals surface area contributed by atoms with E-state index in [1.807, 2.05) is 30.3 Å². The molecule has 1 aromatic heterocycles. The molecule has 0 radical (unpaired) electrons. The molecule has 1 saturated heterocycles. The summed E-state index contributed by atoms with van der Waals surface area (Å²) in [5.41, 5.74) is 4.93. The lowest BCUT2D eigenvalue weighted by molar-refractivity contribution is 0.0512. The first-order valence-electron chi connectivity index (χ1n) is 9.91. The molecule has 1 fully saturated rings. The van der Waals surface area contributed by atoms with E-state index < -0.39 is 0 Å². The average molecular weight is 395 g/mol. The number of halogens is 1. The van der Waals surface area contributed by atoms with Crippen LogP contribution < -0.4 is 4.74 Å². The van der Waals surface area contributed by atoms with Crippen LogP contribution in [0.1, 0.15) is 35.6 Å². The number of methoxy groups -OCH3 is 1. The summed E-state index contributed by atoms with van der Waals surface area (Å²) >= 11 is 0. The molecule has 29 heavy (non-hydrogen) atoms. The first kappa shape index (κ1) is 19.7. The summed E-state index contributed by atoms with van der Waals surface area (Å²) < 4.78 is 32.5. The lowest BCUT2D eigenvalue weighted by Gasteiger charge is -2.25. The molecule has 152 valence electrons. The third-order valence-corrected chi connectivity index (χ3v) is 5.57. The molecule has 0 atom stereocenters. The Labute approximate surface area is 170 Å². The predicted molar refractivity (Wildman–Crippen MR) is 113 cm³/mol. The molecule has 2 aromatic carbocycles. The van der Waals surface area contributed by atoms with E-state index in [2.05, 4.69) is 17.2 Å². The Morgan fingerprint density at radius 2 is 2.00 bits per heavy atom. The lowest BCUT2D eigenvalue weighted by Crippen LogP contribution is -2.17. The fourth-order valence-electron chi connectivity index (χ4n) is 4.16. The third kappa shape index (κ3) is 3.68. The van der Waals surface area contributed by atoms with Crippen LogP contribution in [0, 0.1) is 12.7 Å². The molecule has 2 heterocycles. The van der Waals surface area contributed by atoms with E-state index in [-0.39, 0.29) is 12.6 Å². The minimum atomic E-state index is -0.197. The van der Waals surface area contributed by atoms with E-state index in [4.69, 9.17) is 14.2 Å². The van der Waals surface area contributed by atoms with Gasteiger partial charge < -0.3 is 18.8 Å². The number of aryl methyl sites for hydroxylation is 1. The van der Waals surface area contributed by atoms with Gasteiger partial charge in [-0.15, -0.1) is 0 Å². The fourth-order valence-corrected chi connectivity index (χ4v) is 4.16. The van der Waals surface area contributed by atoms with E-state index in [1.165, 1.54) is 11.8 Å². The molecule has 1 aliphatic rings. The largest absolute Gasteiger partial charge is 0.468 e. The molecule has 0 saturated carbocycles. The number of ether oxygens (including phenoxy) is 3. The lowest BCUT2D eigenvalue weighted by atomic mass is 9.92. The van der Waals surface area contributed by atoms with Crippen molar-refractivity contribution in [2.24, 2.45) is 0 Å². The minimum Gasteiger partial charge on any atom is -0.468 e. The zero-order valence-electron chi connectivity index (χ0n) is 16.9. The Bertz CT molecular complexity index is 1030. The van der Waals surface area contributed by atoms with E-state index >= 15 is 0 Å². The second-order valence-electron chi connectivity index (χ2n) is 7.39. The summed E-state index contributed by atoms with van der Waals surface area (Å²) in [6.45, 7) is 7.57. The summed E-state index contributed by atoms with van der Waals surface area (Å²) in [5.74, 6) is 0.892. The van der Waals surface area contributed by atoms with E-state index in [0.717, 1.165) is 54.0 Å². The van der Waals surface area contributed by atoms with Crippen molar-refractivity contribution in [3.63, 3.8) is 0 Å². The highest BCUT2D eigenvalue weighted by molar-refractivity contribution is 5.93. The molecule has 0 bridgehead atoms. The highest BCUT2D eigenvalue weighted by Crippen LogP contribution is 2.40. The van der Waals surface area contributed by atoms with Gasteiger partial charge in [-0.1, -0.05) is 12.7 Å². The van der Waals surface area contributed by atoms with E-state index in [1.54, 1.807) is 14.0 Å². The van der Waals surface area contributed by atoms with Gasteiger partial charge in [-0.25, -0.2) is 4.39 Å². The van der Waals surface area contributed by atoms with Crippen molar-refractivity contribution < 1.29 is 18.6 Å². The molecule has 5 heteroatoms. The molecule has 0 N–H and O–H groups in total. The topological polar surface area (TPSA) is 32.6 Å². The fraction of sp³-hybridized carbons (Fsp3) is 0.333. The van der Waals surface area contributed by atoms with Crippen LogP contribution in [0.25, 0.3) is 22.7 Å². The number of fused-ring (bicyclic) bond motifs is 1. The Hall–Kier alpha value is -2.63. The molecule has 0 unspecified atom stereocenters. The number of benzene rings is 2. The van der Waals surface area contributed by atoms with Gasteiger partial charge in [0.25, 0.3) is 0 Å². The van der Waals surface area contributed by atoms with Gasteiger partial charge in [-0.05, 0) is 61.7 Å². The summed E-state index contributed by atoms with van der Waals surface area (Å²) in [6, 6.07) is 11.3. The molecular weight excluding hydrogens is 369 g/mol. The number of aromatic nitrogens is 1. The molecule has 0 amide bonds. The number of hydrogen-bond donors (Lipinski definition) is 0. The van der Waals surface area contributed by atoms with Crippen molar-refractivity contribution in [1.29, 1.82) is 0 Å². The van der Waals surface area contributed by atoms with Crippen molar-refractivity contribution in [1.82, 2.24) is 4.57 Å². The first-order valence-corrected chi connectivity index (χ1v) is 9.91. The summed E-state index contributed by atoms with van der Waals surface area (Å²) in [7, 11) is 1.60. The Morgan fingerprint density at radius 3 is 2.69 bits per heavy atom. The third-order valence-electron chi connectivity index (χ3n) is 5.57. The van der Waals surface area contributed by atoms with E-state index in [9.17, 15) is 4.39 Å². The molecular formula is C24H26FNO3. The molecule has 1 aliphatic heterocycles. The smallest absolute Gasteiger partial charge is 0.188 e. The van der Waals surface area contributed by atoms with E-state index in [0.29, 0.717) is 11.5 Å². The summed E-state index contributed by atoms with van der Waals surface area (Å²) in [6.07, 6.45) is 3.81. The highest BCUT2D eigenvalue weighted by Gasteiger charge is 2.26. The molecule has 3 aromatic rings. The minimum absolute atomic E-state index is 0.194. The Balaban J connectivity index is 1.97. The molecule has 4 nitrogen and oxygen atoms in total. The van der Waals surface area contributed by atoms with Crippen LogP contribution in [0.4, 0.5) is 4.39 Å². The van der Waals surface area contributed by atoms with Crippen LogP contribution in [-0.4, -0.2) is 31.7 Å². The second-order valence-corrected chi connectivity index (χ2v) is 7.39. The van der Waals surface area contributed by atoms with Gasteiger partial charge in [0.15, 0.2) is 6.79 Å². The van der Waals surface area contributed by atoms with Crippen LogP contribution >= 0.6 is 0 Å². The molecule has 0 aliphatic carbocycles. The quantitative estimate of drug-likeness (QED) is 0.510. The van der Waals surface area contributed by atoms with Crippen LogP contribution in [0.15, 0.2) is 43.0 Å². The maximum Gasteiger partial charge on any atom is 0.188 e. The van der Waals surface area contributed by atoms with Crippen molar-refractivity contribution >= 4 is 17.0 Å². The van der Waals surface area contributed by atoms with Gasteiger partial charge >= 0.3 is 0 Å². The normalized spacial score (nSPS) is 15.0. The predicted octanol–water partition coefficient (Wildman–Crippen LogP) is 5.60. The van der Waals surface area contributed by atoms with Gasteiger partial charge in [-0.3, -0.25) is 0 Å². The van der Waals surface area contributed by atoms with Crippen LogP contribution in [0.5, 0.6) is 5.75 Å². The van der Waals surface area contributed by atoms with Crippen molar-refractivity contribution in [3.8, 4) is 11.4 Å². The zero-order chi connectivity index (χ0) is 20.4. The van der Waals surface area contributed by atoms with Gasteiger partial charge in [0.1, 0.15) is 11.6 Å². The van der Waals surface area contributed by atoms with Gasteiger partial charge in [0, 0.05) is 48.6 Å². The van der Waals surface area contributed by atoms with Gasteiger partial charge in [-0.2, -0.15) is 0 Å². The van der Waals surface area contributed by atoms with Crippen LogP contribution in [-0.2, 0) is 9.47 Å². The second kappa shape index (κ2) is 8.39. The maximum atomic E-state index is 14.0. The number of nitrogens with zero attached hydrogens (tertiary/aromatic N) is 1. The van der Waals surface area contributed by atoms with Gasteiger partial charge in [0.2, 0.25) is 0 Å². The number of rotatable bonds is 6. The molecule has 4 rings (SSSR count). The first-order chi connectivity index (χ1) is 14.1.